The molecule has 0 aliphatic rings. The van der Waals surface area contributed by atoms with Crippen LogP contribution in [0.15, 0.2) is 30.5 Å². The summed E-state index contributed by atoms with van der Waals surface area (Å²) in [7, 11) is 0. The highest BCUT2D eigenvalue weighted by Crippen LogP contribution is 2.30. The summed E-state index contributed by atoms with van der Waals surface area (Å²) in [5.41, 5.74) is 1.11. The zero-order valence-corrected chi connectivity index (χ0v) is 14.9. The van der Waals surface area contributed by atoms with E-state index in [1.807, 2.05) is 13.8 Å². The van der Waals surface area contributed by atoms with Crippen molar-refractivity contribution in [2.75, 3.05) is 18.5 Å². The Morgan fingerprint density at radius 2 is 1.96 bits per heavy atom. The molecule has 0 aliphatic carbocycles. The first-order chi connectivity index (χ1) is 12.3. The van der Waals surface area contributed by atoms with E-state index >= 15 is 0 Å². The van der Waals surface area contributed by atoms with Crippen LogP contribution in [0.4, 0.5) is 19.0 Å². The van der Waals surface area contributed by atoms with Gasteiger partial charge in [0.05, 0.1) is 12.2 Å². The lowest BCUT2D eigenvalue weighted by molar-refractivity contribution is -0.137. The van der Waals surface area contributed by atoms with Gasteiger partial charge in [0.2, 0.25) is 0 Å². The average Bonchev–Trinajstić information content (AvgIpc) is 2.58. The van der Waals surface area contributed by atoms with Crippen molar-refractivity contribution in [3.8, 4) is 11.5 Å². The van der Waals surface area contributed by atoms with Crippen molar-refractivity contribution in [1.82, 2.24) is 4.98 Å². The highest BCUT2D eigenvalue weighted by atomic mass is 19.4. The van der Waals surface area contributed by atoms with Crippen molar-refractivity contribution in [2.45, 2.75) is 39.3 Å². The van der Waals surface area contributed by atoms with Crippen LogP contribution in [0.2, 0.25) is 0 Å². The first kappa shape index (κ1) is 19.9. The smallest absolute Gasteiger partial charge is 0.417 e. The molecule has 0 spiro atoms. The van der Waals surface area contributed by atoms with Gasteiger partial charge in [-0.1, -0.05) is 6.92 Å². The molecule has 4 nitrogen and oxygen atoms in total. The minimum absolute atomic E-state index is 0.236. The number of aromatic nitrogens is 1. The molecular weight excluding hydrogens is 345 g/mol. The van der Waals surface area contributed by atoms with Gasteiger partial charge < -0.3 is 15.2 Å². The molecular formula is C19H23F3N2O2. The number of phenols is 1. The van der Waals surface area contributed by atoms with E-state index in [1.54, 1.807) is 12.1 Å². The molecule has 0 saturated carbocycles. The maximum Gasteiger partial charge on any atom is 0.417 e. The number of unbranched alkanes of at least 4 members (excludes halogenated alkanes) is 1. The Kier molecular flexibility index (Phi) is 6.71. The van der Waals surface area contributed by atoms with Gasteiger partial charge in [0, 0.05) is 12.7 Å². The summed E-state index contributed by atoms with van der Waals surface area (Å²) in [6, 6.07) is 5.72. The number of aryl methyl sites for hydroxylation is 2. The molecule has 1 aromatic heterocycles. The zero-order valence-electron chi connectivity index (χ0n) is 14.9. The number of nitrogens with one attached hydrogen (secondary N) is 1. The molecule has 2 rings (SSSR count). The molecule has 0 radical (unpaired) electrons. The van der Waals surface area contributed by atoms with Crippen LogP contribution in [0.5, 0.6) is 11.5 Å². The van der Waals surface area contributed by atoms with Crippen LogP contribution in [-0.2, 0) is 12.6 Å². The Balaban J connectivity index is 1.73. The Morgan fingerprint density at radius 3 is 2.58 bits per heavy atom. The first-order valence-corrected chi connectivity index (χ1v) is 8.53. The van der Waals surface area contributed by atoms with Crippen LogP contribution in [0, 0.1) is 6.92 Å². The molecule has 0 bridgehead atoms. The van der Waals surface area contributed by atoms with E-state index in [1.165, 1.54) is 6.07 Å². The SMILES string of the molecule is CCc1cc(O)cc(C)c1OCCCCNc1ccc(C(F)(F)F)cn1. The number of pyridine rings is 1. The maximum atomic E-state index is 12.5. The number of phenolic OH excluding ortho intramolecular Hbond substituents is 1. The molecule has 2 aromatic rings. The molecule has 0 saturated heterocycles. The van der Waals surface area contributed by atoms with Gasteiger partial charge >= 0.3 is 6.18 Å². The van der Waals surface area contributed by atoms with E-state index in [0.717, 1.165) is 48.4 Å². The predicted molar refractivity (Wildman–Crippen MR) is 94.7 cm³/mol. The number of halogens is 3. The third-order valence-electron chi connectivity index (χ3n) is 3.93. The highest BCUT2D eigenvalue weighted by Gasteiger charge is 2.30. The number of hydrogen-bond acceptors (Lipinski definition) is 4. The quantitative estimate of drug-likeness (QED) is 0.648. The summed E-state index contributed by atoms with van der Waals surface area (Å²) in [6.45, 7) is 5.02. The van der Waals surface area contributed by atoms with Crippen molar-refractivity contribution in [1.29, 1.82) is 0 Å². The van der Waals surface area contributed by atoms with Crippen LogP contribution < -0.4 is 10.1 Å². The number of hydrogen-bond donors (Lipinski definition) is 2. The van der Waals surface area contributed by atoms with Gasteiger partial charge in [-0.2, -0.15) is 13.2 Å². The van der Waals surface area contributed by atoms with Crippen LogP contribution in [0.1, 0.15) is 36.5 Å². The molecule has 1 heterocycles. The number of aromatic hydroxyl groups is 1. The van der Waals surface area contributed by atoms with Gasteiger partial charge in [0.25, 0.3) is 0 Å². The van der Waals surface area contributed by atoms with E-state index in [0.29, 0.717) is 19.0 Å². The molecule has 2 N–H and O–H groups in total. The molecule has 0 aliphatic heterocycles. The van der Waals surface area contributed by atoms with Crippen molar-refractivity contribution >= 4 is 5.82 Å². The summed E-state index contributed by atoms with van der Waals surface area (Å²) in [5, 5.41) is 12.6. The molecule has 1 aromatic carbocycles. The Morgan fingerprint density at radius 1 is 1.19 bits per heavy atom. The number of anilines is 1. The molecule has 0 atom stereocenters. The lowest BCUT2D eigenvalue weighted by atomic mass is 10.1. The van der Waals surface area contributed by atoms with E-state index in [2.05, 4.69) is 10.3 Å². The third-order valence-corrected chi connectivity index (χ3v) is 3.93. The van der Waals surface area contributed by atoms with Gasteiger partial charge in [-0.25, -0.2) is 4.98 Å². The first-order valence-electron chi connectivity index (χ1n) is 8.53. The number of ether oxygens (including phenoxy) is 1. The van der Waals surface area contributed by atoms with Crippen molar-refractivity contribution in [3.63, 3.8) is 0 Å². The summed E-state index contributed by atoms with van der Waals surface area (Å²) in [6.07, 6.45) is -1.19. The molecule has 0 fully saturated rings. The van der Waals surface area contributed by atoms with Gasteiger partial charge in [-0.05, 0) is 61.6 Å². The van der Waals surface area contributed by atoms with E-state index in [-0.39, 0.29) is 5.75 Å². The second-order valence-corrected chi connectivity index (χ2v) is 6.02. The van der Waals surface area contributed by atoms with Gasteiger partial charge in [0.15, 0.2) is 0 Å². The number of rotatable bonds is 8. The van der Waals surface area contributed by atoms with Gasteiger partial charge in [-0.3, -0.25) is 0 Å². The monoisotopic (exact) mass is 368 g/mol. The van der Waals surface area contributed by atoms with Crippen molar-refractivity contribution in [2.24, 2.45) is 0 Å². The van der Waals surface area contributed by atoms with Crippen LogP contribution in [0.3, 0.4) is 0 Å². The minimum atomic E-state index is -4.37. The standard InChI is InChI=1S/C19H23F3N2O2/c1-3-14-11-16(25)10-13(2)18(14)26-9-5-4-8-23-17-7-6-15(12-24-17)19(20,21)22/h6-7,10-12,25H,3-5,8-9H2,1-2H3,(H,23,24). The zero-order chi connectivity index (χ0) is 19.2. The Bertz CT molecular complexity index is 716. The van der Waals surface area contributed by atoms with Crippen molar-refractivity contribution < 1.29 is 23.0 Å². The largest absolute Gasteiger partial charge is 0.508 e. The van der Waals surface area contributed by atoms with E-state index < -0.39 is 11.7 Å². The lowest BCUT2D eigenvalue weighted by Crippen LogP contribution is -2.09. The Labute approximate surface area is 151 Å². The summed E-state index contributed by atoms with van der Waals surface area (Å²) in [5.74, 6) is 1.46. The lowest BCUT2D eigenvalue weighted by Gasteiger charge is -2.14. The molecule has 26 heavy (non-hydrogen) atoms. The highest BCUT2D eigenvalue weighted by molar-refractivity contribution is 5.46. The normalized spacial score (nSPS) is 11.4. The maximum absolute atomic E-state index is 12.5. The second kappa shape index (κ2) is 8.78. The van der Waals surface area contributed by atoms with Gasteiger partial charge in [-0.15, -0.1) is 0 Å². The van der Waals surface area contributed by atoms with Gasteiger partial charge in [0.1, 0.15) is 17.3 Å². The minimum Gasteiger partial charge on any atom is -0.508 e. The fourth-order valence-electron chi connectivity index (χ4n) is 2.58. The van der Waals surface area contributed by atoms with Crippen molar-refractivity contribution in [3.05, 3.63) is 47.2 Å². The Hall–Kier alpha value is -2.44. The summed E-state index contributed by atoms with van der Waals surface area (Å²) < 4.78 is 43.2. The number of nitrogens with zero attached hydrogens (tertiary/aromatic N) is 1. The summed E-state index contributed by atoms with van der Waals surface area (Å²) >= 11 is 0. The number of alkyl halides is 3. The third kappa shape index (κ3) is 5.54. The topological polar surface area (TPSA) is 54.4 Å². The average molecular weight is 368 g/mol. The fourth-order valence-corrected chi connectivity index (χ4v) is 2.58. The number of benzene rings is 1. The fraction of sp³-hybridized carbons (Fsp3) is 0.421. The van der Waals surface area contributed by atoms with Crippen LogP contribution >= 0.6 is 0 Å². The summed E-state index contributed by atoms with van der Waals surface area (Å²) in [4.78, 5) is 3.77. The van der Waals surface area contributed by atoms with Crippen LogP contribution in [0.25, 0.3) is 0 Å². The molecule has 142 valence electrons. The van der Waals surface area contributed by atoms with E-state index in [9.17, 15) is 18.3 Å². The predicted octanol–water partition coefficient (Wildman–Crippen LogP) is 4.95. The second-order valence-electron chi connectivity index (χ2n) is 6.02. The molecule has 7 heteroatoms. The molecule has 0 amide bonds. The molecule has 0 unspecified atom stereocenters. The van der Waals surface area contributed by atoms with Crippen LogP contribution in [-0.4, -0.2) is 23.2 Å². The van der Waals surface area contributed by atoms with E-state index in [4.69, 9.17) is 4.74 Å².